The van der Waals surface area contributed by atoms with E-state index < -0.39 is 5.60 Å². The molecule has 0 aliphatic carbocycles. The van der Waals surface area contributed by atoms with Crippen molar-refractivity contribution in [3.05, 3.63) is 71.8 Å². The normalized spacial score (nSPS) is 16.5. The maximum atomic E-state index is 13.2. The van der Waals surface area contributed by atoms with Gasteiger partial charge in [0.1, 0.15) is 0 Å². The lowest BCUT2D eigenvalue weighted by atomic mass is 9.87. The van der Waals surface area contributed by atoms with Crippen LogP contribution in [0.25, 0.3) is 0 Å². The fourth-order valence-corrected chi connectivity index (χ4v) is 3.42. The number of hydrogen-bond acceptors (Lipinski definition) is 4. The predicted octanol–water partition coefficient (Wildman–Crippen LogP) is 2.83. The van der Waals surface area contributed by atoms with E-state index in [1.807, 2.05) is 60.7 Å². The first kappa shape index (κ1) is 16.6. The lowest BCUT2D eigenvalue weighted by Gasteiger charge is -2.27. The van der Waals surface area contributed by atoms with E-state index in [0.29, 0.717) is 12.8 Å². The van der Waals surface area contributed by atoms with Gasteiger partial charge in [-0.3, -0.25) is 4.79 Å². The van der Waals surface area contributed by atoms with Crippen LogP contribution in [0.1, 0.15) is 11.1 Å². The van der Waals surface area contributed by atoms with Crippen LogP contribution >= 0.6 is 12.2 Å². The second-order valence-corrected chi connectivity index (χ2v) is 6.50. The van der Waals surface area contributed by atoms with Crippen molar-refractivity contribution in [2.24, 2.45) is 0 Å². The minimum absolute atomic E-state index is 0.120. The van der Waals surface area contributed by atoms with Crippen LogP contribution in [0.3, 0.4) is 0 Å². The van der Waals surface area contributed by atoms with E-state index in [1.165, 1.54) is 5.01 Å². The summed E-state index contributed by atoms with van der Waals surface area (Å²) >= 11 is 5.32. The lowest BCUT2D eigenvalue weighted by molar-refractivity contribution is -0.143. The number of hydrogen-bond donors (Lipinski definition) is 0. The summed E-state index contributed by atoms with van der Waals surface area (Å²) in [6, 6.07) is 19.8. The molecule has 0 aromatic heterocycles. The smallest absolute Gasteiger partial charge is 0.289 e. The van der Waals surface area contributed by atoms with Gasteiger partial charge in [-0.25, -0.2) is 5.01 Å². The molecule has 0 unspecified atom stereocenters. The largest absolute Gasteiger partial charge is 0.452 e. The van der Waals surface area contributed by atoms with Gasteiger partial charge in [-0.05, 0) is 23.3 Å². The summed E-state index contributed by atoms with van der Waals surface area (Å²) in [6.07, 6.45) is 0.956. The standard InChI is InChI=1S/C19H20N2O2S/c1-20(2)21-17(22)19(23-18(21)24,13-15-9-5-3-6-10-15)14-16-11-7-4-8-12-16/h3-12H,13-14H2,1-2H3. The Bertz CT molecular complexity index is 690. The second-order valence-electron chi connectivity index (χ2n) is 6.15. The summed E-state index contributed by atoms with van der Waals surface area (Å²) in [4.78, 5) is 13.2. The molecule has 5 heteroatoms. The van der Waals surface area contributed by atoms with Gasteiger partial charge in [0, 0.05) is 26.9 Å². The summed E-state index contributed by atoms with van der Waals surface area (Å²) in [5, 5.41) is 3.31. The topological polar surface area (TPSA) is 32.8 Å². The van der Waals surface area contributed by atoms with Gasteiger partial charge in [-0.15, -0.1) is 0 Å². The van der Waals surface area contributed by atoms with E-state index in [1.54, 1.807) is 19.1 Å². The van der Waals surface area contributed by atoms with Crippen LogP contribution in [0.5, 0.6) is 0 Å². The van der Waals surface area contributed by atoms with Gasteiger partial charge in [0.05, 0.1) is 0 Å². The van der Waals surface area contributed by atoms with Crippen LogP contribution in [0.15, 0.2) is 60.7 Å². The van der Waals surface area contributed by atoms with Gasteiger partial charge >= 0.3 is 0 Å². The van der Waals surface area contributed by atoms with Gasteiger partial charge in [0.2, 0.25) is 0 Å². The number of thiocarbonyl (C=S) groups is 1. The third-order valence-electron chi connectivity index (χ3n) is 4.10. The molecule has 1 fully saturated rings. The monoisotopic (exact) mass is 340 g/mol. The maximum Gasteiger partial charge on any atom is 0.289 e. The Kier molecular flexibility index (Phi) is 4.64. The zero-order valence-electron chi connectivity index (χ0n) is 13.8. The molecular weight excluding hydrogens is 320 g/mol. The summed E-state index contributed by atoms with van der Waals surface area (Å²) in [7, 11) is 3.57. The van der Waals surface area contributed by atoms with Crippen molar-refractivity contribution in [3.63, 3.8) is 0 Å². The molecule has 1 saturated heterocycles. The molecule has 1 aliphatic heterocycles. The molecule has 124 valence electrons. The third-order valence-corrected chi connectivity index (χ3v) is 4.36. The Morgan fingerprint density at radius 1 is 0.958 bits per heavy atom. The Balaban J connectivity index is 1.98. The number of amides is 1. The minimum Gasteiger partial charge on any atom is -0.452 e. The number of nitrogens with zero attached hydrogens (tertiary/aromatic N) is 2. The Hall–Kier alpha value is -2.24. The fourth-order valence-electron chi connectivity index (χ4n) is 3.01. The highest BCUT2D eigenvalue weighted by molar-refractivity contribution is 7.80. The first-order valence-corrected chi connectivity index (χ1v) is 8.25. The van der Waals surface area contributed by atoms with Crippen molar-refractivity contribution < 1.29 is 9.53 Å². The molecule has 0 bridgehead atoms. The molecule has 3 rings (SSSR count). The van der Waals surface area contributed by atoms with Gasteiger partial charge in [0.25, 0.3) is 11.1 Å². The number of rotatable bonds is 5. The van der Waals surface area contributed by atoms with Crippen molar-refractivity contribution >= 4 is 23.3 Å². The van der Waals surface area contributed by atoms with Crippen LogP contribution in [-0.4, -0.2) is 40.8 Å². The molecule has 1 amide bonds. The zero-order chi connectivity index (χ0) is 17.2. The predicted molar refractivity (Wildman–Crippen MR) is 97.2 cm³/mol. The highest BCUT2D eigenvalue weighted by atomic mass is 32.1. The van der Waals surface area contributed by atoms with Gasteiger partial charge in [0.15, 0.2) is 5.60 Å². The summed E-state index contributed by atoms with van der Waals surface area (Å²) in [5.41, 5.74) is 1.08. The zero-order valence-corrected chi connectivity index (χ0v) is 14.6. The Labute approximate surface area is 147 Å². The molecule has 0 atom stereocenters. The average Bonchev–Trinajstić information content (AvgIpc) is 2.79. The number of benzene rings is 2. The van der Waals surface area contributed by atoms with Crippen molar-refractivity contribution in [3.8, 4) is 0 Å². The molecule has 0 saturated carbocycles. The van der Waals surface area contributed by atoms with E-state index in [2.05, 4.69) is 0 Å². The lowest BCUT2D eigenvalue weighted by Crippen LogP contribution is -2.48. The Morgan fingerprint density at radius 3 is 1.79 bits per heavy atom. The molecule has 1 heterocycles. The SMILES string of the molecule is CN(C)N1C(=O)C(Cc2ccccc2)(Cc2ccccc2)OC1=S. The third kappa shape index (κ3) is 3.18. The Morgan fingerprint density at radius 2 is 1.42 bits per heavy atom. The first-order valence-electron chi connectivity index (χ1n) is 7.84. The second kappa shape index (κ2) is 6.71. The molecule has 4 nitrogen and oxygen atoms in total. The quantitative estimate of drug-likeness (QED) is 0.784. The number of carbonyl (C=O) groups excluding carboxylic acids is 1. The highest BCUT2D eigenvalue weighted by Crippen LogP contribution is 2.32. The fraction of sp³-hybridized carbons (Fsp3) is 0.263. The molecule has 0 N–H and O–H groups in total. The molecule has 0 spiro atoms. The van der Waals surface area contributed by atoms with E-state index in [-0.39, 0.29) is 11.1 Å². The summed E-state index contributed by atoms with van der Waals surface area (Å²) in [6.45, 7) is 0. The van der Waals surface area contributed by atoms with Gasteiger partial charge in [-0.1, -0.05) is 60.7 Å². The minimum atomic E-state index is -1.01. The van der Waals surface area contributed by atoms with Crippen LogP contribution < -0.4 is 0 Å². The van der Waals surface area contributed by atoms with Crippen molar-refractivity contribution in [1.82, 2.24) is 10.0 Å². The highest BCUT2D eigenvalue weighted by Gasteiger charge is 2.53. The van der Waals surface area contributed by atoms with Crippen LogP contribution in [0, 0.1) is 0 Å². The van der Waals surface area contributed by atoms with Crippen molar-refractivity contribution in [2.75, 3.05) is 14.1 Å². The van der Waals surface area contributed by atoms with Gasteiger partial charge < -0.3 is 4.74 Å². The molecule has 2 aromatic rings. The maximum absolute atomic E-state index is 13.2. The van der Waals surface area contributed by atoms with E-state index >= 15 is 0 Å². The van der Waals surface area contributed by atoms with Crippen molar-refractivity contribution in [1.29, 1.82) is 0 Å². The molecule has 24 heavy (non-hydrogen) atoms. The number of ether oxygens (including phenoxy) is 1. The summed E-state index contributed by atoms with van der Waals surface area (Å²) in [5.74, 6) is -0.120. The number of carbonyl (C=O) groups is 1. The molecule has 0 radical (unpaired) electrons. The molecule has 1 aliphatic rings. The van der Waals surface area contributed by atoms with Crippen LogP contribution in [0.2, 0.25) is 0 Å². The summed E-state index contributed by atoms with van der Waals surface area (Å²) < 4.78 is 6.01. The number of hydrazine groups is 1. The van der Waals surface area contributed by atoms with Crippen LogP contribution in [0.4, 0.5) is 0 Å². The van der Waals surface area contributed by atoms with Crippen LogP contribution in [-0.2, 0) is 22.4 Å². The first-order chi connectivity index (χ1) is 11.5. The van der Waals surface area contributed by atoms with Crippen molar-refractivity contribution in [2.45, 2.75) is 18.4 Å². The van der Waals surface area contributed by atoms with E-state index in [9.17, 15) is 4.79 Å². The van der Waals surface area contributed by atoms with Gasteiger partial charge in [-0.2, -0.15) is 5.01 Å². The molecule has 2 aromatic carbocycles. The van der Waals surface area contributed by atoms with E-state index in [0.717, 1.165) is 11.1 Å². The molecular formula is C19H20N2O2S. The average molecular weight is 340 g/mol. The van der Waals surface area contributed by atoms with E-state index in [4.69, 9.17) is 17.0 Å².